The fourth-order valence-electron chi connectivity index (χ4n) is 1.48. The van der Waals surface area contributed by atoms with Crippen LogP contribution in [0, 0.1) is 6.92 Å². The van der Waals surface area contributed by atoms with E-state index >= 15 is 0 Å². The van der Waals surface area contributed by atoms with Gasteiger partial charge in [0, 0.05) is 0 Å². The monoisotopic (exact) mass is 261 g/mol. The number of amides is 1. The SMILES string of the molecule is Cc1ccc(OCCn2cc(C(=O)NN)nn2)cc1. The Morgan fingerprint density at radius 2 is 2.16 bits per heavy atom. The van der Waals surface area contributed by atoms with Crippen LogP contribution >= 0.6 is 0 Å². The third kappa shape index (κ3) is 3.52. The largest absolute Gasteiger partial charge is 0.492 e. The number of ether oxygens (including phenoxy) is 1. The predicted molar refractivity (Wildman–Crippen MR) is 68.3 cm³/mol. The van der Waals surface area contributed by atoms with E-state index in [0.29, 0.717) is 13.2 Å². The second-order valence-corrected chi connectivity index (χ2v) is 4.00. The molecule has 0 fully saturated rings. The van der Waals surface area contributed by atoms with Gasteiger partial charge in [-0.15, -0.1) is 5.10 Å². The number of aryl methyl sites for hydroxylation is 1. The van der Waals surface area contributed by atoms with Gasteiger partial charge in [0.05, 0.1) is 12.7 Å². The molecule has 3 N–H and O–H groups in total. The highest BCUT2D eigenvalue weighted by atomic mass is 16.5. The van der Waals surface area contributed by atoms with Crippen molar-refractivity contribution in [3.05, 3.63) is 41.7 Å². The molecule has 0 spiro atoms. The zero-order valence-electron chi connectivity index (χ0n) is 10.5. The first kappa shape index (κ1) is 13.0. The topological polar surface area (TPSA) is 95.1 Å². The van der Waals surface area contributed by atoms with Gasteiger partial charge in [-0.2, -0.15) is 0 Å². The van der Waals surface area contributed by atoms with Gasteiger partial charge in [-0.05, 0) is 19.1 Å². The summed E-state index contributed by atoms with van der Waals surface area (Å²) in [4.78, 5) is 11.2. The summed E-state index contributed by atoms with van der Waals surface area (Å²) < 4.78 is 7.07. The minimum atomic E-state index is -0.467. The molecule has 1 aromatic heterocycles. The van der Waals surface area contributed by atoms with Gasteiger partial charge in [0.25, 0.3) is 5.91 Å². The lowest BCUT2D eigenvalue weighted by atomic mass is 10.2. The first-order valence-electron chi connectivity index (χ1n) is 5.79. The highest BCUT2D eigenvalue weighted by Gasteiger charge is 2.08. The van der Waals surface area contributed by atoms with E-state index < -0.39 is 5.91 Å². The molecule has 19 heavy (non-hydrogen) atoms. The maximum atomic E-state index is 11.2. The van der Waals surface area contributed by atoms with Crippen LogP contribution in [0.15, 0.2) is 30.5 Å². The Kier molecular flexibility index (Phi) is 4.09. The summed E-state index contributed by atoms with van der Waals surface area (Å²) in [5, 5.41) is 7.49. The molecule has 0 atom stereocenters. The zero-order valence-corrected chi connectivity index (χ0v) is 10.5. The van der Waals surface area contributed by atoms with Gasteiger partial charge >= 0.3 is 0 Å². The van der Waals surface area contributed by atoms with E-state index in [-0.39, 0.29) is 5.69 Å². The molecule has 100 valence electrons. The van der Waals surface area contributed by atoms with Gasteiger partial charge in [0.1, 0.15) is 12.4 Å². The molecule has 0 saturated heterocycles. The van der Waals surface area contributed by atoms with E-state index in [1.807, 2.05) is 36.6 Å². The number of benzene rings is 1. The van der Waals surface area contributed by atoms with Crippen molar-refractivity contribution in [1.82, 2.24) is 20.4 Å². The molecule has 0 bridgehead atoms. The van der Waals surface area contributed by atoms with Crippen LogP contribution in [0.25, 0.3) is 0 Å². The molecular formula is C12H15N5O2. The van der Waals surface area contributed by atoms with E-state index in [4.69, 9.17) is 10.6 Å². The number of hydrogen-bond donors (Lipinski definition) is 2. The van der Waals surface area contributed by atoms with Crippen molar-refractivity contribution in [2.24, 2.45) is 5.84 Å². The first-order valence-corrected chi connectivity index (χ1v) is 5.79. The van der Waals surface area contributed by atoms with Gasteiger partial charge < -0.3 is 4.74 Å². The van der Waals surface area contributed by atoms with Crippen molar-refractivity contribution >= 4 is 5.91 Å². The first-order chi connectivity index (χ1) is 9.19. The summed E-state index contributed by atoms with van der Waals surface area (Å²) in [6.45, 7) is 2.96. The van der Waals surface area contributed by atoms with Gasteiger partial charge in [-0.3, -0.25) is 10.2 Å². The van der Waals surface area contributed by atoms with Crippen molar-refractivity contribution in [2.45, 2.75) is 13.5 Å². The summed E-state index contributed by atoms with van der Waals surface area (Å²) in [5.74, 6) is 5.33. The van der Waals surface area contributed by atoms with Gasteiger partial charge in [-0.1, -0.05) is 22.9 Å². The number of nitrogen functional groups attached to an aromatic ring is 1. The van der Waals surface area contributed by atoms with Crippen LogP contribution in [0.4, 0.5) is 0 Å². The van der Waals surface area contributed by atoms with Crippen molar-refractivity contribution < 1.29 is 9.53 Å². The summed E-state index contributed by atoms with van der Waals surface area (Å²) in [6.07, 6.45) is 1.51. The van der Waals surface area contributed by atoms with Crippen LogP contribution in [-0.2, 0) is 6.54 Å². The lowest BCUT2D eigenvalue weighted by Gasteiger charge is -2.05. The van der Waals surface area contributed by atoms with Crippen LogP contribution < -0.4 is 16.0 Å². The maximum Gasteiger partial charge on any atom is 0.287 e. The quantitative estimate of drug-likeness (QED) is 0.457. The highest BCUT2D eigenvalue weighted by Crippen LogP contribution is 2.11. The summed E-state index contributed by atoms with van der Waals surface area (Å²) in [5.41, 5.74) is 3.36. The normalized spacial score (nSPS) is 10.2. The molecule has 2 aromatic rings. The third-order valence-electron chi connectivity index (χ3n) is 2.51. The minimum Gasteiger partial charge on any atom is -0.492 e. The molecule has 0 saturated carbocycles. The van der Waals surface area contributed by atoms with Crippen molar-refractivity contribution in [1.29, 1.82) is 0 Å². The second-order valence-electron chi connectivity index (χ2n) is 4.00. The number of hydrazine groups is 1. The standard InChI is InChI=1S/C12H15N5O2/c1-9-2-4-10(5-3-9)19-7-6-17-8-11(15-16-17)12(18)14-13/h2-5,8H,6-7,13H2,1H3,(H,14,18). The van der Waals surface area contributed by atoms with Crippen LogP contribution in [0.5, 0.6) is 5.75 Å². The van der Waals surface area contributed by atoms with E-state index in [1.165, 1.54) is 16.4 Å². The highest BCUT2D eigenvalue weighted by molar-refractivity contribution is 5.91. The molecule has 0 aliphatic rings. The van der Waals surface area contributed by atoms with E-state index in [2.05, 4.69) is 10.3 Å². The number of aromatic nitrogens is 3. The molecule has 0 aliphatic carbocycles. The molecule has 1 amide bonds. The molecule has 0 unspecified atom stereocenters. The molecule has 1 aromatic carbocycles. The molecule has 2 rings (SSSR count). The van der Waals surface area contributed by atoms with Crippen LogP contribution in [-0.4, -0.2) is 27.5 Å². The fraction of sp³-hybridized carbons (Fsp3) is 0.250. The summed E-state index contributed by atoms with van der Waals surface area (Å²) >= 11 is 0. The zero-order chi connectivity index (χ0) is 13.7. The van der Waals surface area contributed by atoms with Crippen LogP contribution in [0.2, 0.25) is 0 Å². The van der Waals surface area contributed by atoms with Crippen molar-refractivity contribution in [3.8, 4) is 5.75 Å². The number of hydrogen-bond acceptors (Lipinski definition) is 5. The Morgan fingerprint density at radius 1 is 1.42 bits per heavy atom. The van der Waals surface area contributed by atoms with Gasteiger partial charge in [-0.25, -0.2) is 10.5 Å². The smallest absolute Gasteiger partial charge is 0.287 e. The van der Waals surface area contributed by atoms with Crippen molar-refractivity contribution in [3.63, 3.8) is 0 Å². The number of nitrogens with two attached hydrogens (primary N) is 1. The number of carbonyl (C=O) groups excluding carboxylic acids is 1. The minimum absolute atomic E-state index is 0.179. The number of rotatable bonds is 5. The maximum absolute atomic E-state index is 11.2. The van der Waals surface area contributed by atoms with Gasteiger partial charge in [0.15, 0.2) is 5.69 Å². The molecule has 0 radical (unpaired) electrons. The van der Waals surface area contributed by atoms with E-state index in [0.717, 1.165) is 5.75 Å². The van der Waals surface area contributed by atoms with Crippen molar-refractivity contribution in [2.75, 3.05) is 6.61 Å². The number of carbonyl (C=O) groups is 1. The van der Waals surface area contributed by atoms with E-state index in [9.17, 15) is 4.79 Å². The average molecular weight is 261 g/mol. The lowest BCUT2D eigenvalue weighted by Crippen LogP contribution is -2.30. The number of nitrogens with one attached hydrogen (secondary N) is 1. The molecule has 1 heterocycles. The van der Waals surface area contributed by atoms with Gasteiger partial charge in [0.2, 0.25) is 0 Å². The second kappa shape index (κ2) is 5.96. The van der Waals surface area contributed by atoms with E-state index in [1.54, 1.807) is 0 Å². The van der Waals surface area contributed by atoms with Crippen LogP contribution in [0.1, 0.15) is 16.1 Å². The summed E-state index contributed by atoms with van der Waals surface area (Å²) in [6, 6.07) is 7.77. The summed E-state index contributed by atoms with van der Waals surface area (Å²) in [7, 11) is 0. The number of nitrogens with zero attached hydrogens (tertiary/aromatic N) is 3. The Labute approximate surface area is 110 Å². The van der Waals surface area contributed by atoms with Crippen LogP contribution in [0.3, 0.4) is 0 Å². The predicted octanol–water partition coefficient (Wildman–Crippen LogP) is 0.269. The Morgan fingerprint density at radius 3 is 2.84 bits per heavy atom. The third-order valence-corrected chi connectivity index (χ3v) is 2.51. The molecular weight excluding hydrogens is 246 g/mol. The molecule has 7 heteroatoms. The Balaban J connectivity index is 1.84. The Hall–Kier alpha value is -2.41. The molecule has 7 nitrogen and oxygen atoms in total. The average Bonchev–Trinajstić information content (AvgIpc) is 2.89. The fourth-order valence-corrected chi connectivity index (χ4v) is 1.48. The lowest BCUT2D eigenvalue weighted by molar-refractivity contribution is 0.0948. The molecule has 0 aliphatic heterocycles. The Bertz CT molecular complexity index is 550.